The molecule has 0 fully saturated rings. The molecule has 0 saturated heterocycles. The van der Waals surface area contributed by atoms with Crippen molar-refractivity contribution in [3.8, 4) is 22.8 Å². The Morgan fingerprint density at radius 3 is 2.04 bits per heavy atom. The largest absolute Gasteiger partial charge is 0.497 e. The molecule has 2 aromatic carbocycles. The van der Waals surface area contributed by atoms with Crippen LogP contribution in [0.3, 0.4) is 0 Å². The minimum absolute atomic E-state index is 0.185. The van der Waals surface area contributed by atoms with E-state index in [4.69, 9.17) is 19.6 Å². The molecule has 3 aromatic rings. The lowest BCUT2D eigenvalue weighted by Gasteiger charge is -2.08. The molecule has 0 aliphatic heterocycles. The van der Waals surface area contributed by atoms with Gasteiger partial charge in [0.15, 0.2) is 0 Å². The fourth-order valence-electron chi connectivity index (χ4n) is 2.71. The second kappa shape index (κ2) is 8.89. The van der Waals surface area contributed by atoms with E-state index in [-0.39, 0.29) is 6.04 Å². The van der Waals surface area contributed by atoms with Crippen molar-refractivity contribution in [2.75, 3.05) is 14.2 Å². The predicted molar refractivity (Wildman–Crippen MR) is 116 cm³/mol. The van der Waals surface area contributed by atoms with E-state index in [1.165, 1.54) is 0 Å². The average molecular weight is 396 g/mol. The van der Waals surface area contributed by atoms with Crippen LogP contribution < -0.4 is 14.3 Å². The van der Waals surface area contributed by atoms with Crippen molar-refractivity contribution in [2.24, 2.45) is 10.1 Å². The summed E-state index contributed by atoms with van der Waals surface area (Å²) in [5, 5.41) is 6.99. The molecule has 0 amide bonds. The van der Waals surface area contributed by atoms with Gasteiger partial charge < -0.3 is 9.47 Å². The topological polar surface area (TPSA) is 48.1 Å². The van der Waals surface area contributed by atoms with Crippen molar-refractivity contribution in [3.05, 3.63) is 64.3 Å². The third-order valence-corrected chi connectivity index (χ3v) is 5.03. The van der Waals surface area contributed by atoms with Gasteiger partial charge in [-0.05, 0) is 74.9 Å². The van der Waals surface area contributed by atoms with Gasteiger partial charge >= 0.3 is 0 Å². The maximum atomic E-state index is 5.27. The lowest BCUT2D eigenvalue weighted by Crippen LogP contribution is -2.16. The van der Waals surface area contributed by atoms with Crippen LogP contribution in [0.2, 0.25) is 0 Å². The number of aromatic nitrogens is 1. The van der Waals surface area contributed by atoms with Gasteiger partial charge in [0.1, 0.15) is 11.5 Å². The first-order valence-corrected chi connectivity index (χ1v) is 9.98. The summed E-state index contributed by atoms with van der Waals surface area (Å²) < 4.78 is 12.4. The van der Waals surface area contributed by atoms with Crippen LogP contribution in [0.25, 0.3) is 11.3 Å². The highest BCUT2D eigenvalue weighted by atomic mass is 32.1. The van der Waals surface area contributed by atoms with Crippen molar-refractivity contribution >= 4 is 17.0 Å². The first kappa shape index (κ1) is 19.9. The number of hydrogen-bond donors (Lipinski definition) is 0. The molecule has 0 aliphatic rings. The normalized spacial score (nSPS) is 12.5. The minimum Gasteiger partial charge on any atom is -0.497 e. The summed E-state index contributed by atoms with van der Waals surface area (Å²) in [5.41, 5.74) is 4.00. The molecule has 28 heavy (non-hydrogen) atoms. The molecule has 0 atom stereocenters. The summed E-state index contributed by atoms with van der Waals surface area (Å²) in [6.07, 6.45) is 0. The van der Waals surface area contributed by atoms with Gasteiger partial charge in [-0.15, -0.1) is 11.3 Å². The predicted octanol–water partition coefficient (Wildman–Crippen LogP) is 4.82. The molecule has 0 unspecified atom stereocenters. The lowest BCUT2D eigenvalue weighted by atomic mass is 10.1. The van der Waals surface area contributed by atoms with Crippen LogP contribution in [0.1, 0.15) is 26.3 Å². The molecule has 3 rings (SSSR count). The molecule has 0 spiro atoms. The Kier molecular flexibility index (Phi) is 6.31. The van der Waals surface area contributed by atoms with Crippen molar-refractivity contribution in [3.63, 3.8) is 0 Å². The summed E-state index contributed by atoms with van der Waals surface area (Å²) in [7, 11) is 3.33. The SMILES string of the molecule is COc1ccc(C(C)=Nn2c(-c3ccc(OC)cc3)csc2=NC(C)C)cc1. The zero-order chi connectivity index (χ0) is 20.1. The van der Waals surface area contributed by atoms with Gasteiger partial charge in [0.05, 0.1) is 25.6 Å². The van der Waals surface area contributed by atoms with Gasteiger partial charge in [-0.25, -0.2) is 4.68 Å². The van der Waals surface area contributed by atoms with Crippen LogP contribution in [0.5, 0.6) is 11.5 Å². The summed E-state index contributed by atoms with van der Waals surface area (Å²) in [4.78, 5) is 5.61. The molecule has 1 heterocycles. The molecule has 0 N–H and O–H groups in total. The van der Waals surface area contributed by atoms with Gasteiger partial charge in [-0.1, -0.05) is 0 Å². The number of thiazole rings is 1. The molecule has 1 aromatic heterocycles. The molecular weight excluding hydrogens is 370 g/mol. The van der Waals surface area contributed by atoms with Crippen LogP contribution in [0.15, 0.2) is 64.0 Å². The average Bonchev–Trinajstić information content (AvgIpc) is 3.09. The third-order valence-electron chi connectivity index (χ3n) is 4.20. The van der Waals surface area contributed by atoms with Crippen LogP contribution in [0, 0.1) is 0 Å². The van der Waals surface area contributed by atoms with Crippen molar-refractivity contribution < 1.29 is 9.47 Å². The summed E-state index contributed by atoms with van der Waals surface area (Å²) in [6, 6.07) is 16.1. The summed E-state index contributed by atoms with van der Waals surface area (Å²) in [5.74, 6) is 1.66. The molecule has 5 nitrogen and oxygen atoms in total. The lowest BCUT2D eigenvalue weighted by molar-refractivity contribution is 0.414. The monoisotopic (exact) mass is 395 g/mol. The van der Waals surface area contributed by atoms with Gasteiger partial charge in [0.2, 0.25) is 4.80 Å². The number of ether oxygens (including phenoxy) is 2. The highest BCUT2D eigenvalue weighted by Crippen LogP contribution is 2.23. The molecule has 6 heteroatoms. The van der Waals surface area contributed by atoms with E-state index >= 15 is 0 Å². The summed E-state index contributed by atoms with van der Waals surface area (Å²) >= 11 is 1.59. The van der Waals surface area contributed by atoms with Crippen LogP contribution >= 0.6 is 11.3 Å². The second-order valence-electron chi connectivity index (χ2n) is 6.58. The molecule has 0 bridgehead atoms. The number of nitrogens with zero attached hydrogens (tertiary/aromatic N) is 3. The van der Waals surface area contributed by atoms with Crippen molar-refractivity contribution in [2.45, 2.75) is 26.8 Å². The maximum absolute atomic E-state index is 5.27. The Labute approximate surface area is 169 Å². The zero-order valence-corrected chi connectivity index (χ0v) is 17.7. The van der Waals surface area contributed by atoms with Crippen molar-refractivity contribution in [1.29, 1.82) is 0 Å². The number of rotatable bonds is 6. The van der Waals surface area contributed by atoms with E-state index in [0.29, 0.717) is 0 Å². The van der Waals surface area contributed by atoms with Gasteiger partial charge in [0, 0.05) is 17.0 Å². The van der Waals surface area contributed by atoms with Crippen LogP contribution in [0.4, 0.5) is 0 Å². The minimum atomic E-state index is 0.185. The Morgan fingerprint density at radius 1 is 0.929 bits per heavy atom. The van der Waals surface area contributed by atoms with Crippen LogP contribution in [-0.2, 0) is 0 Å². The number of hydrogen-bond acceptors (Lipinski definition) is 5. The van der Waals surface area contributed by atoms with E-state index < -0.39 is 0 Å². The van der Waals surface area contributed by atoms with E-state index in [0.717, 1.165) is 38.8 Å². The smallest absolute Gasteiger partial charge is 0.206 e. The summed E-state index contributed by atoms with van der Waals surface area (Å²) in [6.45, 7) is 6.14. The van der Waals surface area contributed by atoms with Gasteiger partial charge in [0.25, 0.3) is 0 Å². The second-order valence-corrected chi connectivity index (χ2v) is 7.42. The molecule has 0 saturated carbocycles. The Morgan fingerprint density at radius 2 is 1.50 bits per heavy atom. The van der Waals surface area contributed by atoms with E-state index in [9.17, 15) is 0 Å². The first-order valence-electron chi connectivity index (χ1n) is 9.10. The van der Waals surface area contributed by atoms with E-state index in [2.05, 4.69) is 19.2 Å². The Bertz CT molecular complexity index is 1010. The molecule has 0 aliphatic carbocycles. The fourth-order valence-corrected chi connectivity index (χ4v) is 3.67. The number of methoxy groups -OCH3 is 2. The Balaban J connectivity index is 2.09. The third kappa shape index (κ3) is 4.51. The maximum Gasteiger partial charge on any atom is 0.206 e. The van der Waals surface area contributed by atoms with Crippen LogP contribution in [-0.4, -0.2) is 30.6 Å². The standard InChI is InChI=1S/C22H25N3O2S/c1-15(2)23-22-25(24-16(3)17-6-10-19(26-4)11-7-17)21(14-28-22)18-8-12-20(27-5)13-9-18/h6-15H,1-5H3. The highest BCUT2D eigenvalue weighted by Gasteiger charge is 2.10. The molecular formula is C22H25N3O2S. The Hall–Kier alpha value is -2.86. The van der Waals surface area contributed by atoms with E-state index in [1.54, 1.807) is 25.6 Å². The van der Waals surface area contributed by atoms with E-state index in [1.807, 2.05) is 60.1 Å². The number of benzene rings is 2. The first-order chi connectivity index (χ1) is 13.5. The van der Waals surface area contributed by atoms with Gasteiger partial charge in [-0.3, -0.25) is 4.99 Å². The zero-order valence-electron chi connectivity index (χ0n) is 16.8. The molecule has 0 radical (unpaired) electrons. The highest BCUT2D eigenvalue weighted by molar-refractivity contribution is 7.07. The van der Waals surface area contributed by atoms with Crippen molar-refractivity contribution in [1.82, 2.24) is 4.68 Å². The fraction of sp³-hybridized carbons (Fsp3) is 0.273. The molecule has 146 valence electrons. The van der Waals surface area contributed by atoms with Gasteiger partial charge in [-0.2, -0.15) is 5.10 Å². The quantitative estimate of drug-likeness (QED) is 0.562.